The van der Waals surface area contributed by atoms with Crippen molar-refractivity contribution in [1.29, 1.82) is 0 Å². The number of nitrogens with zero attached hydrogens (tertiary/aromatic N) is 2. The predicted octanol–water partition coefficient (Wildman–Crippen LogP) is 5.84. The molecular weight excluding hydrogens is 743 g/mol. The highest BCUT2D eigenvalue weighted by Gasteiger charge is 2.53. The first-order chi connectivity index (χ1) is 21.9. The summed E-state index contributed by atoms with van der Waals surface area (Å²) in [5.41, 5.74) is 5.62. The molecule has 47 heavy (non-hydrogen) atoms. The molecule has 4 N–H and O–H groups in total. The minimum atomic E-state index is -5.08. The van der Waals surface area contributed by atoms with Gasteiger partial charge in [0.1, 0.15) is 5.75 Å². The van der Waals surface area contributed by atoms with E-state index in [1.807, 2.05) is 4.72 Å². The fourth-order valence-electron chi connectivity index (χ4n) is 5.30. The summed E-state index contributed by atoms with van der Waals surface area (Å²) < 4.78 is 98.8. The number of carbonyl (C=O) groups is 2. The Bertz CT molecular complexity index is 1670. The van der Waals surface area contributed by atoms with E-state index < -0.39 is 45.6 Å². The molecule has 1 amide bonds. The Morgan fingerprint density at radius 1 is 1.00 bits per heavy atom. The Labute approximate surface area is 279 Å². The summed E-state index contributed by atoms with van der Waals surface area (Å²) in [4.78, 5) is 27.8. The van der Waals surface area contributed by atoms with Gasteiger partial charge in [-0.2, -0.15) is 26.7 Å². The molecule has 0 spiro atoms. The van der Waals surface area contributed by atoms with Crippen LogP contribution in [0.25, 0.3) is 0 Å². The van der Waals surface area contributed by atoms with Crippen LogP contribution in [0.1, 0.15) is 31.2 Å². The van der Waals surface area contributed by atoms with E-state index in [9.17, 15) is 26.4 Å². The van der Waals surface area contributed by atoms with Gasteiger partial charge < -0.3 is 20.5 Å². The number of aliphatic carboxylic acids is 1. The third-order valence-electron chi connectivity index (χ3n) is 7.43. The predicted molar refractivity (Wildman–Crippen MR) is 162 cm³/mol. The summed E-state index contributed by atoms with van der Waals surface area (Å²) in [6, 6.07) is 10.3. The standard InChI is InChI=1S/C27H26BrClF2N4O4S.C2HF3O2/c28-17-3-1-16(2-4-17)27(30,31)25(26(36)35-20-6-7-21(35)14-19(32)13-20)34-40(37,38)23-10-8-22(9-11-23)39-24-12-5-18(29)15-33-24;3-2(4,5)1(6)7/h1-5,8-12,15,19-21,25,34H,6-7,13-14,32H2;(H,6,7)/t19?,20?,21?,25-;/m0./s1. The zero-order chi connectivity index (χ0) is 34.7. The second-order valence-electron chi connectivity index (χ2n) is 10.7. The molecule has 2 bridgehead atoms. The highest BCUT2D eigenvalue weighted by Crippen LogP contribution is 2.40. The lowest BCUT2D eigenvalue weighted by molar-refractivity contribution is -0.192. The molecule has 0 radical (unpaired) electrons. The van der Waals surface area contributed by atoms with Crippen molar-refractivity contribution < 1.29 is 49.8 Å². The van der Waals surface area contributed by atoms with E-state index in [0.29, 0.717) is 35.2 Å². The Kier molecular flexibility index (Phi) is 11.2. The van der Waals surface area contributed by atoms with Crippen molar-refractivity contribution in [3.05, 3.63) is 81.9 Å². The number of hydrogen-bond acceptors (Lipinski definition) is 7. The molecule has 3 heterocycles. The second-order valence-corrected chi connectivity index (χ2v) is 13.8. The van der Waals surface area contributed by atoms with Crippen LogP contribution >= 0.6 is 27.5 Å². The molecule has 5 rings (SSSR count). The van der Waals surface area contributed by atoms with Gasteiger partial charge in [-0.15, -0.1) is 0 Å². The van der Waals surface area contributed by atoms with Crippen LogP contribution in [-0.4, -0.2) is 65.6 Å². The molecular formula is C29H27BrClF5N4O6S. The van der Waals surface area contributed by atoms with Crippen LogP contribution < -0.4 is 15.2 Å². The molecule has 2 aliphatic heterocycles. The number of benzene rings is 2. The monoisotopic (exact) mass is 768 g/mol. The number of amides is 1. The van der Waals surface area contributed by atoms with Gasteiger partial charge >= 0.3 is 12.1 Å². The SMILES string of the molecule is NC1CC2CCC(C1)N2C(=O)[C@H](NS(=O)(=O)c1ccc(Oc2ccc(Cl)cn2)cc1)C(F)(F)c1ccc(Br)cc1.O=C(O)C(F)(F)F. The van der Waals surface area contributed by atoms with E-state index in [1.54, 1.807) is 6.07 Å². The molecule has 2 aromatic carbocycles. The Morgan fingerprint density at radius 2 is 1.55 bits per heavy atom. The number of rotatable bonds is 8. The fourth-order valence-corrected chi connectivity index (χ4v) is 6.87. The highest BCUT2D eigenvalue weighted by molar-refractivity contribution is 9.10. The summed E-state index contributed by atoms with van der Waals surface area (Å²) in [7, 11) is -4.56. The van der Waals surface area contributed by atoms with Gasteiger partial charge in [0.05, 0.1) is 9.92 Å². The van der Waals surface area contributed by atoms with Crippen molar-refractivity contribution in [3.63, 3.8) is 0 Å². The molecule has 2 aliphatic rings. The molecule has 254 valence electrons. The lowest BCUT2D eigenvalue weighted by Crippen LogP contribution is -2.60. The Morgan fingerprint density at radius 3 is 2.04 bits per heavy atom. The molecule has 10 nitrogen and oxygen atoms in total. The zero-order valence-corrected chi connectivity index (χ0v) is 27.2. The maximum Gasteiger partial charge on any atom is 0.490 e. The lowest BCUT2D eigenvalue weighted by Gasteiger charge is -2.41. The minimum Gasteiger partial charge on any atom is -0.475 e. The maximum atomic E-state index is 16.0. The molecule has 3 atom stereocenters. The summed E-state index contributed by atoms with van der Waals surface area (Å²) in [6.07, 6.45) is -1.45. The normalized spacial score (nSPS) is 20.2. The van der Waals surface area contributed by atoms with Gasteiger partial charge in [0.2, 0.25) is 21.8 Å². The van der Waals surface area contributed by atoms with Crippen molar-refractivity contribution >= 4 is 49.4 Å². The van der Waals surface area contributed by atoms with Crippen LogP contribution in [0.3, 0.4) is 0 Å². The van der Waals surface area contributed by atoms with Crippen LogP contribution in [0.2, 0.25) is 5.02 Å². The van der Waals surface area contributed by atoms with Crippen LogP contribution in [0.15, 0.2) is 76.2 Å². The number of sulfonamides is 1. The Hall–Kier alpha value is -3.38. The van der Waals surface area contributed by atoms with Gasteiger partial charge in [0, 0.05) is 40.4 Å². The number of carboxylic acid groups (broad SMARTS) is 1. The van der Waals surface area contributed by atoms with Crippen molar-refractivity contribution in [2.45, 2.75) is 66.8 Å². The number of carbonyl (C=O) groups excluding carboxylic acids is 1. The van der Waals surface area contributed by atoms with E-state index in [2.05, 4.69) is 20.9 Å². The summed E-state index contributed by atoms with van der Waals surface area (Å²) in [5.74, 6) is -7.08. The van der Waals surface area contributed by atoms with Gasteiger partial charge in [-0.3, -0.25) is 4.79 Å². The van der Waals surface area contributed by atoms with Crippen molar-refractivity contribution in [2.75, 3.05) is 0 Å². The second kappa shape index (κ2) is 14.4. The van der Waals surface area contributed by atoms with E-state index in [4.69, 9.17) is 32.0 Å². The number of nitrogens with one attached hydrogen (secondary N) is 1. The van der Waals surface area contributed by atoms with E-state index in [0.717, 1.165) is 12.1 Å². The zero-order valence-electron chi connectivity index (χ0n) is 24.0. The molecule has 1 aromatic heterocycles. The molecule has 2 fully saturated rings. The molecule has 0 saturated carbocycles. The number of aromatic nitrogens is 1. The number of alkyl halides is 5. The number of fused-ring (bicyclic) bond motifs is 2. The first-order valence-electron chi connectivity index (χ1n) is 13.8. The number of ether oxygens (including phenoxy) is 1. The minimum absolute atomic E-state index is 0.132. The van der Waals surface area contributed by atoms with E-state index in [-0.39, 0.29) is 34.7 Å². The number of pyridine rings is 1. The summed E-state index contributed by atoms with van der Waals surface area (Å²) >= 11 is 9.04. The summed E-state index contributed by atoms with van der Waals surface area (Å²) in [6.45, 7) is 0. The van der Waals surface area contributed by atoms with Crippen LogP contribution in [0.4, 0.5) is 22.0 Å². The highest BCUT2D eigenvalue weighted by atomic mass is 79.9. The third kappa shape index (κ3) is 8.95. The van der Waals surface area contributed by atoms with E-state index >= 15 is 8.78 Å². The van der Waals surface area contributed by atoms with Gasteiger partial charge in [-0.05, 0) is 68.1 Å². The van der Waals surface area contributed by atoms with Crippen molar-refractivity contribution in [2.24, 2.45) is 5.73 Å². The van der Waals surface area contributed by atoms with Crippen LogP contribution in [0.5, 0.6) is 11.6 Å². The van der Waals surface area contributed by atoms with Gasteiger partial charge in [0.25, 0.3) is 5.92 Å². The summed E-state index contributed by atoms with van der Waals surface area (Å²) in [5, 5.41) is 7.55. The first kappa shape index (κ1) is 36.5. The quantitative estimate of drug-likeness (QED) is 0.242. The lowest BCUT2D eigenvalue weighted by atomic mass is 9.95. The maximum absolute atomic E-state index is 16.0. The van der Waals surface area contributed by atoms with Gasteiger partial charge in [0.15, 0.2) is 6.04 Å². The van der Waals surface area contributed by atoms with Crippen LogP contribution in [-0.2, 0) is 25.5 Å². The molecule has 18 heteroatoms. The fraction of sp³-hybridized carbons (Fsp3) is 0.345. The largest absolute Gasteiger partial charge is 0.490 e. The van der Waals surface area contributed by atoms with Gasteiger partial charge in [-0.25, -0.2) is 18.2 Å². The average molecular weight is 770 g/mol. The topological polar surface area (TPSA) is 152 Å². The third-order valence-corrected chi connectivity index (χ3v) is 9.63. The van der Waals surface area contributed by atoms with Crippen LogP contribution in [0, 0.1) is 0 Å². The number of nitrogens with two attached hydrogens (primary N) is 1. The van der Waals surface area contributed by atoms with Crippen molar-refractivity contribution in [1.82, 2.24) is 14.6 Å². The average Bonchev–Trinajstić information content (AvgIpc) is 3.27. The van der Waals surface area contributed by atoms with E-state index in [1.165, 1.54) is 53.6 Å². The van der Waals surface area contributed by atoms with Crippen molar-refractivity contribution in [3.8, 4) is 11.6 Å². The van der Waals surface area contributed by atoms with Gasteiger partial charge in [-0.1, -0.05) is 39.7 Å². The Balaban J connectivity index is 0.000000644. The molecule has 3 aromatic rings. The molecule has 2 unspecified atom stereocenters. The molecule has 2 saturated heterocycles. The smallest absolute Gasteiger partial charge is 0.475 e. The first-order valence-corrected chi connectivity index (χ1v) is 16.5. The number of carboxylic acids is 1. The molecule has 0 aliphatic carbocycles. The number of halogens is 7. The number of hydrogen-bond donors (Lipinski definition) is 3. The number of piperidine rings is 1.